The summed E-state index contributed by atoms with van der Waals surface area (Å²) in [5.41, 5.74) is 9.13. The number of fused-ring (bicyclic) bond motifs is 2. The summed E-state index contributed by atoms with van der Waals surface area (Å²) in [6, 6.07) is 9.32. The van der Waals surface area contributed by atoms with Gasteiger partial charge >= 0.3 is 0 Å². The molecule has 0 radical (unpaired) electrons. The number of aryl methyl sites for hydroxylation is 2. The largest absolute Gasteiger partial charge is 0.394 e. The third kappa shape index (κ3) is 3.83. The molecule has 1 heterocycles. The maximum atomic E-state index is 13.7. The van der Waals surface area contributed by atoms with E-state index in [4.69, 9.17) is 5.73 Å². The van der Waals surface area contributed by atoms with Gasteiger partial charge in [0.15, 0.2) is 0 Å². The molecule has 0 aromatic heterocycles. The molecule has 3 nitrogen and oxygen atoms in total. The number of aliphatic hydroxyl groups is 1. The van der Waals surface area contributed by atoms with Crippen molar-refractivity contribution >= 4 is 11.4 Å². The van der Waals surface area contributed by atoms with Crippen molar-refractivity contribution in [1.29, 1.82) is 0 Å². The van der Waals surface area contributed by atoms with Gasteiger partial charge in [-0.15, -0.1) is 0 Å². The average molecular weight is 346 g/mol. The van der Waals surface area contributed by atoms with Crippen molar-refractivity contribution in [3.63, 3.8) is 0 Å². The van der Waals surface area contributed by atoms with E-state index in [0.717, 1.165) is 41.8 Å². The predicted octanol–water partition coefficient (Wildman–Crippen LogP) is 3.69. The zero-order chi connectivity index (χ0) is 17.8. The molecule has 0 saturated carbocycles. The summed E-state index contributed by atoms with van der Waals surface area (Å²) < 4.78 is 27.5. The second-order valence-corrected chi connectivity index (χ2v) is 6.54. The van der Waals surface area contributed by atoms with Crippen LogP contribution < -0.4 is 10.6 Å². The molecular formula is C20H24F2N2O. The van der Waals surface area contributed by atoms with Crippen molar-refractivity contribution in [2.24, 2.45) is 5.73 Å². The smallest absolute Gasteiger partial charge is 0.123 e. The molecule has 0 amide bonds. The van der Waals surface area contributed by atoms with E-state index in [-0.39, 0.29) is 24.3 Å². The summed E-state index contributed by atoms with van der Waals surface area (Å²) in [5, 5.41) is 10.0. The molecule has 0 bridgehead atoms. The Labute approximate surface area is 147 Å². The highest BCUT2D eigenvalue weighted by Crippen LogP contribution is 2.39. The van der Waals surface area contributed by atoms with E-state index >= 15 is 0 Å². The minimum Gasteiger partial charge on any atom is -0.394 e. The van der Waals surface area contributed by atoms with Gasteiger partial charge in [-0.3, -0.25) is 0 Å². The molecule has 2 aromatic carbocycles. The van der Waals surface area contributed by atoms with E-state index in [9.17, 15) is 13.9 Å². The highest BCUT2D eigenvalue weighted by atomic mass is 19.1. The van der Waals surface area contributed by atoms with Gasteiger partial charge in [0.25, 0.3) is 0 Å². The number of rotatable bonds is 6. The molecule has 1 atom stereocenters. The average Bonchev–Trinajstić information content (AvgIpc) is 2.75. The van der Waals surface area contributed by atoms with Crippen LogP contribution in [0.1, 0.15) is 30.4 Å². The predicted molar refractivity (Wildman–Crippen MR) is 96.1 cm³/mol. The first kappa shape index (κ1) is 17.8. The minimum absolute atomic E-state index is 0.0296. The number of anilines is 2. The Balaban J connectivity index is 2.06. The van der Waals surface area contributed by atoms with Crippen LogP contribution in [-0.4, -0.2) is 24.3 Å². The van der Waals surface area contributed by atoms with Crippen LogP contribution in [0.5, 0.6) is 0 Å². The monoisotopic (exact) mass is 346 g/mol. The Morgan fingerprint density at radius 3 is 2.00 bits per heavy atom. The van der Waals surface area contributed by atoms with Crippen LogP contribution in [0.2, 0.25) is 0 Å². The van der Waals surface area contributed by atoms with E-state index < -0.39 is 0 Å². The molecule has 25 heavy (non-hydrogen) atoms. The lowest BCUT2D eigenvalue weighted by Crippen LogP contribution is -2.35. The van der Waals surface area contributed by atoms with E-state index in [1.165, 1.54) is 12.1 Å². The lowest BCUT2D eigenvalue weighted by Gasteiger charge is -2.34. The third-order valence-electron chi connectivity index (χ3n) is 4.83. The Morgan fingerprint density at radius 2 is 1.52 bits per heavy atom. The van der Waals surface area contributed by atoms with Gasteiger partial charge in [0, 0.05) is 11.4 Å². The summed E-state index contributed by atoms with van der Waals surface area (Å²) in [5.74, 6) is -0.556. The molecule has 0 spiro atoms. The van der Waals surface area contributed by atoms with E-state index in [1.54, 1.807) is 24.3 Å². The zero-order valence-electron chi connectivity index (χ0n) is 14.2. The van der Waals surface area contributed by atoms with Crippen molar-refractivity contribution in [3.05, 3.63) is 59.2 Å². The van der Waals surface area contributed by atoms with Gasteiger partial charge in [0.2, 0.25) is 0 Å². The van der Waals surface area contributed by atoms with Crippen LogP contribution in [0.15, 0.2) is 36.4 Å². The summed E-state index contributed by atoms with van der Waals surface area (Å²) >= 11 is 0. The number of benzene rings is 2. The normalized spacial score (nSPS) is 14.6. The zero-order valence-corrected chi connectivity index (χ0v) is 14.2. The molecule has 3 N–H and O–H groups in total. The minimum atomic E-state index is -0.278. The molecule has 0 unspecified atom stereocenters. The van der Waals surface area contributed by atoms with Gasteiger partial charge in [-0.2, -0.15) is 0 Å². The molecular weight excluding hydrogens is 322 g/mol. The first-order valence-corrected chi connectivity index (χ1v) is 8.81. The van der Waals surface area contributed by atoms with Gasteiger partial charge < -0.3 is 15.7 Å². The number of nitrogens with zero attached hydrogens (tertiary/aromatic N) is 1. The number of hydrogen-bond acceptors (Lipinski definition) is 3. The summed E-state index contributed by atoms with van der Waals surface area (Å²) in [4.78, 5) is 2.05. The fraction of sp³-hybridized carbons (Fsp3) is 0.400. The highest BCUT2D eigenvalue weighted by Gasteiger charge is 2.27. The molecule has 2 aromatic rings. The topological polar surface area (TPSA) is 49.5 Å². The number of unbranched alkanes of at least 4 members (excludes halogenated alkanes) is 1. The lowest BCUT2D eigenvalue weighted by molar-refractivity contribution is 0.257. The maximum Gasteiger partial charge on any atom is 0.123 e. The quantitative estimate of drug-likeness (QED) is 0.784. The van der Waals surface area contributed by atoms with Crippen molar-refractivity contribution < 1.29 is 13.9 Å². The van der Waals surface area contributed by atoms with Crippen LogP contribution in [0.4, 0.5) is 20.2 Å². The maximum absolute atomic E-state index is 13.7. The van der Waals surface area contributed by atoms with Crippen LogP contribution in [0.25, 0.3) is 0 Å². The molecule has 134 valence electrons. The molecule has 5 heteroatoms. The van der Waals surface area contributed by atoms with Crippen molar-refractivity contribution in [2.45, 2.75) is 38.1 Å². The molecule has 0 saturated heterocycles. The number of aliphatic hydroxyl groups excluding tert-OH is 1. The number of hydrogen-bond donors (Lipinski definition) is 2. The van der Waals surface area contributed by atoms with Crippen LogP contribution >= 0.6 is 0 Å². The third-order valence-corrected chi connectivity index (χ3v) is 4.83. The van der Waals surface area contributed by atoms with Gasteiger partial charge in [0.1, 0.15) is 11.6 Å². The van der Waals surface area contributed by atoms with Crippen LogP contribution in [0, 0.1) is 11.6 Å². The summed E-state index contributed by atoms with van der Waals surface area (Å²) in [7, 11) is 0. The standard InChI is InChI=1S/C20H24F2N2O/c21-16-6-8-19-14(11-16)4-5-15-12-17(22)7-9-20(15)24(19)18(13-25)3-1-2-10-23/h6-9,11-12,18,25H,1-5,10,13,23H2/t18-/m1/s1. The Bertz CT molecular complexity index is 682. The Morgan fingerprint density at radius 1 is 0.960 bits per heavy atom. The van der Waals surface area contributed by atoms with Gasteiger partial charge in [-0.25, -0.2) is 8.78 Å². The first-order valence-electron chi connectivity index (χ1n) is 8.81. The molecule has 3 rings (SSSR count). The lowest BCUT2D eigenvalue weighted by atomic mass is 10.0. The summed E-state index contributed by atoms with van der Waals surface area (Å²) in [6.07, 6.45) is 3.82. The van der Waals surface area contributed by atoms with E-state index in [0.29, 0.717) is 19.4 Å². The van der Waals surface area contributed by atoms with Gasteiger partial charge in [-0.1, -0.05) is 6.42 Å². The Kier molecular flexibility index (Phi) is 5.66. The second-order valence-electron chi connectivity index (χ2n) is 6.54. The van der Waals surface area contributed by atoms with Gasteiger partial charge in [0.05, 0.1) is 12.6 Å². The molecule has 0 fully saturated rings. The second kappa shape index (κ2) is 7.93. The summed E-state index contributed by atoms with van der Waals surface area (Å²) in [6.45, 7) is 0.583. The van der Waals surface area contributed by atoms with E-state index in [2.05, 4.69) is 0 Å². The molecule has 1 aliphatic rings. The molecule has 0 aliphatic carbocycles. The number of halogens is 2. The fourth-order valence-electron chi connectivity index (χ4n) is 3.60. The van der Waals surface area contributed by atoms with E-state index in [1.807, 2.05) is 4.90 Å². The SMILES string of the molecule is NCCCC[C@H](CO)N1c2ccc(F)cc2CCc2cc(F)ccc21. The highest BCUT2D eigenvalue weighted by molar-refractivity contribution is 5.72. The van der Waals surface area contributed by atoms with Crippen LogP contribution in [0.3, 0.4) is 0 Å². The fourth-order valence-corrected chi connectivity index (χ4v) is 3.60. The van der Waals surface area contributed by atoms with Crippen molar-refractivity contribution in [1.82, 2.24) is 0 Å². The van der Waals surface area contributed by atoms with Crippen molar-refractivity contribution in [2.75, 3.05) is 18.1 Å². The van der Waals surface area contributed by atoms with Crippen LogP contribution in [-0.2, 0) is 12.8 Å². The Hall–Kier alpha value is -1.98. The van der Waals surface area contributed by atoms with Gasteiger partial charge in [-0.05, 0) is 79.8 Å². The van der Waals surface area contributed by atoms with Crippen molar-refractivity contribution in [3.8, 4) is 0 Å². The molecule has 1 aliphatic heterocycles. The number of nitrogens with two attached hydrogens (primary N) is 1. The first-order chi connectivity index (χ1) is 12.1.